The zero-order valence-corrected chi connectivity index (χ0v) is 12.1. The van der Waals surface area contributed by atoms with Crippen LogP contribution in [-0.2, 0) is 9.84 Å². The largest absolute Gasteiger partial charge is 0.484 e. The number of nitrogens with two attached hydrogens (primary N) is 1. The molecule has 102 valence electrons. The molecule has 0 fully saturated rings. The summed E-state index contributed by atoms with van der Waals surface area (Å²) in [6.07, 6.45) is 0.973. The Morgan fingerprint density at radius 2 is 1.95 bits per heavy atom. The number of benzene rings is 1. The van der Waals surface area contributed by atoms with Crippen LogP contribution in [0, 0.1) is 0 Å². The second-order valence-corrected chi connectivity index (χ2v) is 7.10. The van der Waals surface area contributed by atoms with E-state index in [2.05, 4.69) is 0 Å². The van der Waals surface area contributed by atoms with Crippen molar-refractivity contribution in [2.75, 3.05) is 12.8 Å². The molecule has 0 saturated heterocycles. The predicted octanol–water partition coefficient (Wildman–Crippen LogP) is 2.23. The van der Waals surface area contributed by atoms with Gasteiger partial charge in [-0.15, -0.1) is 11.3 Å². The molecule has 1 aromatic carbocycles. The van der Waals surface area contributed by atoms with Crippen molar-refractivity contribution in [2.24, 2.45) is 5.73 Å². The Kier molecular flexibility index (Phi) is 4.24. The lowest BCUT2D eigenvalue weighted by molar-refractivity contribution is 0.218. The highest BCUT2D eigenvalue weighted by Crippen LogP contribution is 2.25. The molecular formula is C13H15NO3S2. The quantitative estimate of drug-likeness (QED) is 0.919. The van der Waals surface area contributed by atoms with Gasteiger partial charge in [0, 0.05) is 17.7 Å². The number of sulfone groups is 1. The first-order chi connectivity index (χ1) is 9.00. The second kappa shape index (κ2) is 5.73. The van der Waals surface area contributed by atoms with Crippen molar-refractivity contribution >= 4 is 21.2 Å². The lowest BCUT2D eigenvalue weighted by Gasteiger charge is -2.16. The number of hydrogen-bond acceptors (Lipinski definition) is 5. The molecule has 1 atom stereocenters. The molecule has 0 aliphatic heterocycles. The molecule has 0 amide bonds. The Balaban J connectivity index is 2.15. The molecule has 19 heavy (non-hydrogen) atoms. The minimum absolute atomic E-state index is 0.205. The third-order valence-electron chi connectivity index (χ3n) is 2.60. The Morgan fingerprint density at radius 3 is 2.42 bits per heavy atom. The first-order valence-corrected chi connectivity index (χ1v) is 8.48. The van der Waals surface area contributed by atoms with E-state index in [4.69, 9.17) is 10.5 Å². The SMILES string of the molecule is CS(=O)(=O)c1ccc(OC(CN)c2cccs2)cc1. The highest BCUT2D eigenvalue weighted by molar-refractivity contribution is 7.90. The Labute approximate surface area is 116 Å². The van der Waals surface area contributed by atoms with Gasteiger partial charge in [0.05, 0.1) is 4.90 Å². The molecule has 0 radical (unpaired) electrons. The summed E-state index contributed by atoms with van der Waals surface area (Å²) in [6, 6.07) is 10.3. The standard InChI is InChI=1S/C13H15NO3S2/c1-19(15,16)11-6-4-10(5-7-11)17-12(9-14)13-3-2-8-18-13/h2-8,12H,9,14H2,1H3. The van der Waals surface area contributed by atoms with Gasteiger partial charge in [0.25, 0.3) is 0 Å². The molecule has 0 aliphatic carbocycles. The molecule has 2 N–H and O–H groups in total. The summed E-state index contributed by atoms with van der Waals surface area (Å²) in [7, 11) is -3.18. The molecular weight excluding hydrogens is 282 g/mol. The van der Waals surface area contributed by atoms with Crippen LogP contribution in [0.3, 0.4) is 0 Å². The number of rotatable bonds is 5. The van der Waals surface area contributed by atoms with E-state index in [1.807, 2.05) is 17.5 Å². The van der Waals surface area contributed by atoms with Crippen molar-refractivity contribution in [3.05, 3.63) is 46.7 Å². The van der Waals surface area contributed by atoms with E-state index in [0.717, 1.165) is 4.88 Å². The molecule has 1 unspecified atom stereocenters. The fourth-order valence-corrected chi connectivity index (χ4v) is 3.02. The van der Waals surface area contributed by atoms with Gasteiger partial charge < -0.3 is 10.5 Å². The molecule has 0 saturated carbocycles. The van der Waals surface area contributed by atoms with Gasteiger partial charge in [-0.25, -0.2) is 8.42 Å². The first kappa shape index (κ1) is 14.0. The van der Waals surface area contributed by atoms with Crippen LogP contribution in [-0.4, -0.2) is 21.2 Å². The number of thiophene rings is 1. The zero-order valence-electron chi connectivity index (χ0n) is 10.4. The zero-order chi connectivity index (χ0) is 13.9. The number of ether oxygens (including phenoxy) is 1. The maximum absolute atomic E-state index is 11.4. The Hall–Kier alpha value is -1.37. The van der Waals surface area contributed by atoms with Crippen LogP contribution in [0.2, 0.25) is 0 Å². The highest BCUT2D eigenvalue weighted by Gasteiger charge is 2.13. The average molecular weight is 297 g/mol. The van der Waals surface area contributed by atoms with Crippen LogP contribution in [0.1, 0.15) is 11.0 Å². The molecule has 1 heterocycles. The maximum atomic E-state index is 11.4. The van der Waals surface area contributed by atoms with Crippen LogP contribution < -0.4 is 10.5 Å². The normalized spacial score (nSPS) is 13.2. The predicted molar refractivity (Wildman–Crippen MR) is 76.3 cm³/mol. The van der Waals surface area contributed by atoms with Crippen LogP contribution in [0.15, 0.2) is 46.7 Å². The van der Waals surface area contributed by atoms with Gasteiger partial charge in [-0.2, -0.15) is 0 Å². The van der Waals surface area contributed by atoms with Crippen molar-refractivity contribution in [1.82, 2.24) is 0 Å². The highest BCUT2D eigenvalue weighted by atomic mass is 32.2. The average Bonchev–Trinajstić information content (AvgIpc) is 2.89. The van der Waals surface area contributed by atoms with Crippen molar-refractivity contribution in [3.8, 4) is 5.75 Å². The van der Waals surface area contributed by atoms with Crippen molar-refractivity contribution in [3.63, 3.8) is 0 Å². The third-order valence-corrected chi connectivity index (χ3v) is 4.70. The van der Waals surface area contributed by atoms with Gasteiger partial charge in [0.2, 0.25) is 0 Å². The molecule has 6 heteroatoms. The van der Waals surface area contributed by atoms with Crippen molar-refractivity contribution in [1.29, 1.82) is 0 Å². The van der Waals surface area contributed by atoms with E-state index in [1.165, 1.54) is 18.4 Å². The summed E-state index contributed by atoms with van der Waals surface area (Å²) in [5, 5.41) is 1.97. The molecule has 0 aliphatic rings. The van der Waals surface area contributed by atoms with Gasteiger partial charge in [0.15, 0.2) is 9.84 Å². The fraction of sp³-hybridized carbons (Fsp3) is 0.231. The Bertz CT molecular complexity index is 618. The van der Waals surface area contributed by atoms with Crippen LogP contribution in [0.5, 0.6) is 5.75 Å². The van der Waals surface area contributed by atoms with Gasteiger partial charge >= 0.3 is 0 Å². The molecule has 2 aromatic rings. The van der Waals surface area contributed by atoms with E-state index in [-0.39, 0.29) is 11.0 Å². The first-order valence-electron chi connectivity index (χ1n) is 5.71. The molecule has 0 spiro atoms. The van der Waals surface area contributed by atoms with E-state index < -0.39 is 9.84 Å². The summed E-state index contributed by atoms with van der Waals surface area (Å²) in [5.74, 6) is 0.608. The smallest absolute Gasteiger partial charge is 0.175 e. The topological polar surface area (TPSA) is 69.4 Å². The lowest BCUT2D eigenvalue weighted by atomic mass is 10.3. The summed E-state index contributed by atoms with van der Waals surface area (Å²) in [6.45, 7) is 0.369. The lowest BCUT2D eigenvalue weighted by Crippen LogP contribution is -2.17. The monoisotopic (exact) mass is 297 g/mol. The minimum atomic E-state index is -3.18. The van der Waals surface area contributed by atoms with Gasteiger partial charge in [-0.05, 0) is 35.7 Å². The minimum Gasteiger partial charge on any atom is -0.484 e. The summed E-state index contributed by atoms with van der Waals surface area (Å²) in [5.41, 5.74) is 5.70. The molecule has 4 nitrogen and oxygen atoms in total. The van der Waals surface area contributed by atoms with Crippen molar-refractivity contribution < 1.29 is 13.2 Å². The molecule has 0 bridgehead atoms. The summed E-state index contributed by atoms with van der Waals surface area (Å²) >= 11 is 1.58. The van der Waals surface area contributed by atoms with Crippen LogP contribution in [0.25, 0.3) is 0 Å². The fourth-order valence-electron chi connectivity index (χ4n) is 1.63. The number of hydrogen-bond donors (Lipinski definition) is 1. The van der Waals surface area contributed by atoms with E-state index >= 15 is 0 Å². The third kappa shape index (κ3) is 3.56. The summed E-state index contributed by atoms with van der Waals surface area (Å²) < 4.78 is 28.5. The van der Waals surface area contributed by atoms with Gasteiger partial charge in [-0.1, -0.05) is 6.07 Å². The van der Waals surface area contributed by atoms with E-state index in [1.54, 1.807) is 23.5 Å². The molecule has 2 rings (SSSR count). The molecule has 1 aromatic heterocycles. The Morgan fingerprint density at radius 1 is 1.26 bits per heavy atom. The maximum Gasteiger partial charge on any atom is 0.175 e. The van der Waals surface area contributed by atoms with Gasteiger partial charge in [0.1, 0.15) is 11.9 Å². The van der Waals surface area contributed by atoms with E-state index in [9.17, 15) is 8.42 Å². The van der Waals surface area contributed by atoms with Crippen LogP contribution >= 0.6 is 11.3 Å². The van der Waals surface area contributed by atoms with Crippen molar-refractivity contribution in [2.45, 2.75) is 11.0 Å². The van der Waals surface area contributed by atoms with Crippen LogP contribution in [0.4, 0.5) is 0 Å². The second-order valence-electron chi connectivity index (χ2n) is 4.10. The van der Waals surface area contributed by atoms with Gasteiger partial charge in [-0.3, -0.25) is 0 Å². The summed E-state index contributed by atoms with van der Waals surface area (Å²) in [4.78, 5) is 1.33. The van der Waals surface area contributed by atoms with E-state index in [0.29, 0.717) is 12.3 Å².